The fourth-order valence-electron chi connectivity index (χ4n) is 4.17. The average molecular weight is 523 g/mol. The lowest BCUT2D eigenvalue weighted by Gasteiger charge is -2.26. The van der Waals surface area contributed by atoms with Gasteiger partial charge in [-0.3, -0.25) is 4.98 Å². The highest BCUT2D eigenvalue weighted by Gasteiger charge is 2.38. The van der Waals surface area contributed by atoms with Gasteiger partial charge in [0.15, 0.2) is 0 Å². The molecule has 11 heteroatoms. The molecule has 2 atom stereocenters. The second kappa shape index (κ2) is 10.7. The number of hydrogen-bond acceptors (Lipinski definition) is 9. The Morgan fingerprint density at radius 3 is 2.81 bits per heavy atom. The standard InChI is InChI=1S/C26H27ClN6O4/c1-16-20(32-25-33-26(12-34,13-35)14-37-25)6-7-21-23(16)24(30-15-29-21)31-17-5-8-22(19(27)10-17)36-11-18-4-2-3-9-28-18/h2-10,15-16,20,34-35H,11-14H2,1H3,(H,32,33)(H,29,30,31). The van der Waals surface area contributed by atoms with Crippen LogP contribution in [-0.4, -0.2) is 62.6 Å². The zero-order valence-corrected chi connectivity index (χ0v) is 20.9. The largest absolute Gasteiger partial charge is 0.486 e. The summed E-state index contributed by atoms with van der Waals surface area (Å²) in [7, 11) is 0. The van der Waals surface area contributed by atoms with E-state index in [2.05, 4.69) is 30.6 Å². The van der Waals surface area contributed by atoms with E-state index in [1.165, 1.54) is 6.33 Å². The quantitative estimate of drug-likeness (QED) is 0.352. The summed E-state index contributed by atoms with van der Waals surface area (Å²) in [6, 6.07) is 11.1. The Hall–Kier alpha value is -3.73. The maximum atomic E-state index is 9.60. The topological polar surface area (TPSA) is 134 Å². The number of amidine groups is 1. The van der Waals surface area contributed by atoms with E-state index in [4.69, 9.17) is 21.1 Å². The first-order valence-electron chi connectivity index (χ1n) is 11.8. The van der Waals surface area contributed by atoms with Gasteiger partial charge in [-0.05, 0) is 36.4 Å². The molecule has 1 aromatic carbocycles. The molecule has 5 rings (SSSR count). The van der Waals surface area contributed by atoms with E-state index in [1.54, 1.807) is 18.3 Å². The lowest BCUT2D eigenvalue weighted by atomic mass is 9.87. The number of aliphatic hydroxyl groups excluding tert-OH is 2. The van der Waals surface area contributed by atoms with Crippen molar-refractivity contribution in [2.75, 3.05) is 25.1 Å². The lowest BCUT2D eigenvalue weighted by Crippen LogP contribution is -2.50. The van der Waals surface area contributed by atoms with Crippen LogP contribution in [0.25, 0.3) is 6.08 Å². The van der Waals surface area contributed by atoms with E-state index in [0.29, 0.717) is 23.2 Å². The van der Waals surface area contributed by atoms with Gasteiger partial charge in [-0.2, -0.15) is 0 Å². The molecule has 4 N–H and O–H groups in total. The highest BCUT2D eigenvalue weighted by molar-refractivity contribution is 6.32. The zero-order valence-electron chi connectivity index (χ0n) is 20.1. The number of nitrogens with zero attached hydrogens (tertiary/aromatic N) is 4. The van der Waals surface area contributed by atoms with Crippen molar-refractivity contribution in [2.45, 2.75) is 31.0 Å². The van der Waals surface area contributed by atoms with Gasteiger partial charge in [-0.25, -0.2) is 15.0 Å². The van der Waals surface area contributed by atoms with Gasteiger partial charge in [0.2, 0.25) is 0 Å². The molecule has 1 saturated heterocycles. The number of halogens is 1. The summed E-state index contributed by atoms with van der Waals surface area (Å²) >= 11 is 6.50. The van der Waals surface area contributed by atoms with Gasteiger partial charge in [0.1, 0.15) is 36.6 Å². The van der Waals surface area contributed by atoms with Crippen LogP contribution in [0.4, 0.5) is 11.5 Å². The zero-order chi connectivity index (χ0) is 25.8. The molecule has 192 valence electrons. The molecule has 2 unspecified atom stereocenters. The van der Waals surface area contributed by atoms with Crippen molar-refractivity contribution >= 4 is 35.2 Å². The Morgan fingerprint density at radius 1 is 1.22 bits per heavy atom. The molecule has 3 aromatic rings. The summed E-state index contributed by atoms with van der Waals surface area (Å²) in [6.07, 6.45) is 7.08. The van der Waals surface area contributed by atoms with Crippen LogP contribution in [0.2, 0.25) is 5.02 Å². The molecule has 0 amide bonds. The monoisotopic (exact) mass is 522 g/mol. The number of pyridine rings is 1. The van der Waals surface area contributed by atoms with Gasteiger partial charge < -0.3 is 30.3 Å². The van der Waals surface area contributed by atoms with Gasteiger partial charge in [-0.15, -0.1) is 0 Å². The Labute approximate surface area is 219 Å². The van der Waals surface area contributed by atoms with Crippen molar-refractivity contribution in [1.29, 1.82) is 0 Å². The Balaban J connectivity index is 1.32. The molecule has 3 heterocycles. The van der Waals surface area contributed by atoms with E-state index >= 15 is 0 Å². The third-order valence-electron chi connectivity index (χ3n) is 6.36. The number of rotatable bonds is 8. The number of benzene rings is 1. The number of aliphatic hydroxyl groups is 2. The number of ether oxygens (including phenoxy) is 2. The van der Waals surface area contributed by atoms with Crippen molar-refractivity contribution in [3.05, 3.63) is 77.0 Å². The number of aromatic nitrogens is 3. The van der Waals surface area contributed by atoms with Crippen molar-refractivity contribution < 1.29 is 19.7 Å². The fraction of sp³-hybridized carbons (Fsp3) is 0.308. The summed E-state index contributed by atoms with van der Waals surface area (Å²) in [5.74, 6) is 1.11. The van der Waals surface area contributed by atoms with Crippen molar-refractivity contribution in [2.24, 2.45) is 4.99 Å². The van der Waals surface area contributed by atoms with Gasteiger partial charge in [0.05, 0.1) is 35.7 Å². The van der Waals surface area contributed by atoms with E-state index in [1.807, 2.05) is 43.3 Å². The molecule has 37 heavy (non-hydrogen) atoms. The first-order chi connectivity index (χ1) is 18.0. The maximum Gasteiger partial charge on any atom is 0.286 e. The average Bonchev–Trinajstić information content (AvgIpc) is 3.34. The predicted molar refractivity (Wildman–Crippen MR) is 140 cm³/mol. The molecular formula is C26H27ClN6O4. The SMILES string of the molecule is CC1c2c(ncnc2Nc2ccc(OCc3ccccn3)c(Cl)c2)C=CC1N=C1NC(CO)(CO)CO1. The first kappa shape index (κ1) is 24.9. The Kier molecular flexibility index (Phi) is 7.22. The van der Waals surface area contributed by atoms with Crippen LogP contribution < -0.4 is 15.4 Å². The predicted octanol–water partition coefficient (Wildman–Crippen LogP) is 3.05. The summed E-state index contributed by atoms with van der Waals surface area (Å²) < 4.78 is 11.4. The molecule has 10 nitrogen and oxygen atoms in total. The van der Waals surface area contributed by atoms with Crippen LogP contribution in [-0.2, 0) is 11.3 Å². The third kappa shape index (κ3) is 5.36. The second-order valence-electron chi connectivity index (χ2n) is 8.98. The van der Waals surface area contributed by atoms with E-state index in [9.17, 15) is 10.2 Å². The van der Waals surface area contributed by atoms with Crippen LogP contribution in [0.3, 0.4) is 0 Å². The lowest BCUT2D eigenvalue weighted by molar-refractivity contribution is 0.0934. The summed E-state index contributed by atoms with van der Waals surface area (Å²) in [6.45, 7) is 1.96. The van der Waals surface area contributed by atoms with Crippen LogP contribution in [0.15, 0.2) is 60.0 Å². The van der Waals surface area contributed by atoms with Crippen LogP contribution in [0.1, 0.15) is 29.8 Å². The highest BCUT2D eigenvalue weighted by Crippen LogP contribution is 2.37. The summed E-state index contributed by atoms with van der Waals surface area (Å²) in [4.78, 5) is 17.8. The number of aliphatic imine (C=N–C) groups is 1. The van der Waals surface area contributed by atoms with Crippen molar-refractivity contribution in [3.8, 4) is 5.75 Å². The minimum absolute atomic E-state index is 0.0868. The molecule has 0 spiro atoms. The van der Waals surface area contributed by atoms with E-state index in [0.717, 1.165) is 22.6 Å². The van der Waals surface area contributed by atoms with E-state index in [-0.39, 0.29) is 37.8 Å². The smallest absolute Gasteiger partial charge is 0.286 e. The maximum absolute atomic E-state index is 9.60. The molecule has 0 radical (unpaired) electrons. The molecule has 2 aliphatic rings. The highest BCUT2D eigenvalue weighted by atomic mass is 35.5. The van der Waals surface area contributed by atoms with Gasteiger partial charge in [0.25, 0.3) is 6.02 Å². The molecule has 0 saturated carbocycles. The Bertz CT molecular complexity index is 1320. The number of nitrogens with one attached hydrogen (secondary N) is 2. The van der Waals surface area contributed by atoms with Crippen LogP contribution >= 0.6 is 11.6 Å². The molecule has 1 aliphatic carbocycles. The molecule has 2 aromatic heterocycles. The molecule has 1 fully saturated rings. The summed E-state index contributed by atoms with van der Waals surface area (Å²) in [5, 5.41) is 26.0. The van der Waals surface area contributed by atoms with Gasteiger partial charge in [-0.1, -0.05) is 30.7 Å². The van der Waals surface area contributed by atoms with Crippen LogP contribution in [0, 0.1) is 0 Å². The number of fused-ring (bicyclic) bond motifs is 1. The second-order valence-corrected chi connectivity index (χ2v) is 9.39. The number of hydrogen-bond donors (Lipinski definition) is 4. The molecular weight excluding hydrogens is 496 g/mol. The minimum Gasteiger partial charge on any atom is -0.486 e. The number of anilines is 2. The Morgan fingerprint density at radius 2 is 2.08 bits per heavy atom. The normalized spacial score (nSPS) is 20.7. The summed E-state index contributed by atoms with van der Waals surface area (Å²) in [5.41, 5.74) is 2.33. The third-order valence-corrected chi connectivity index (χ3v) is 6.65. The molecule has 0 bridgehead atoms. The van der Waals surface area contributed by atoms with Crippen molar-refractivity contribution in [3.63, 3.8) is 0 Å². The molecule has 1 aliphatic heterocycles. The van der Waals surface area contributed by atoms with Gasteiger partial charge >= 0.3 is 0 Å². The van der Waals surface area contributed by atoms with Crippen LogP contribution in [0.5, 0.6) is 5.75 Å². The van der Waals surface area contributed by atoms with E-state index < -0.39 is 5.54 Å². The first-order valence-corrected chi connectivity index (χ1v) is 12.2. The fourth-order valence-corrected chi connectivity index (χ4v) is 4.41. The minimum atomic E-state index is -0.930. The van der Waals surface area contributed by atoms with Crippen molar-refractivity contribution in [1.82, 2.24) is 20.3 Å². The van der Waals surface area contributed by atoms with Gasteiger partial charge in [0, 0.05) is 23.4 Å².